The highest BCUT2D eigenvalue weighted by atomic mass is 35.5. The third-order valence-electron chi connectivity index (χ3n) is 4.95. The number of nitrogens with one attached hydrogen (secondary N) is 2. The highest BCUT2D eigenvalue weighted by Gasteiger charge is 2.44. The first-order valence-corrected chi connectivity index (χ1v) is 11.0. The van der Waals surface area contributed by atoms with E-state index in [-0.39, 0.29) is 22.3 Å². The van der Waals surface area contributed by atoms with Gasteiger partial charge in [0.05, 0.1) is 29.5 Å². The van der Waals surface area contributed by atoms with Crippen molar-refractivity contribution in [1.29, 1.82) is 5.26 Å². The van der Waals surface area contributed by atoms with Crippen molar-refractivity contribution in [2.24, 2.45) is 5.92 Å². The first-order valence-electron chi connectivity index (χ1n) is 9.62. The van der Waals surface area contributed by atoms with Crippen LogP contribution >= 0.6 is 23.4 Å². The lowest BCUT2D eigenvalue weighted by Crippen LogP contribution is -2.44. The lowest BCUT2D eigenvalue weighted by atomic mass is 9.78. The standard InChI is InChI=1S/C23H20ClN3O4S/c1-13-8-9-15(10-17(13)24)26-18(28)12-32-22-16(11-25)19(14-6-4-3-5-7-14)20(21(29)27-22)23(30)31-2/h3-10,19-20H,12H2,1-2H3,(H,26,28)(H,27,29)/t19-,20-/m0/s1. The number of aryl methyl sites for hydroxylation is 1. The first kappa shape index (κ1) is 23.4. The molecule has 0 aromatic heterocycles. The number of benzene rings is 2. The fourth-order valence-electron chi connectivity index (χ4n) is 3.35. The molecule has 2 atom stereocenters. The van der Waals surface area contributed by atoms with Crippen LogP contribution in [0.1, 0.15) is 17.0 Å². The van der Waals surface area contributed by atoms with E-state index in [4.69, 9.17) is 16.3 Å². The van der Waals surface area contributed by atoms with Crippen molar-refractivity contribution in [2.45, 2.75) is 12.8 Å². The molecular weight excluding hydrogens is 450 g/mol. The van der Waals surface area contributed by atoms with Gasteiger partial charge in [-0.15, -0.1) is 0 Å². The van der Waals surface area contributed by atoms with E-state index in [0.29, 0.717) is 16.3 Å². The van der Waals surface area contributed by atoms with E-state index in [1.54, 1.807) is 48.5 Å². The minimum atomic E-state index is -1.20. The molecule has 1 heterocycles. The van der Waals surface area contributed by atoms with Gasteiger partial charge in [0.15, 0.2) is 0 Å². The highest BCUT2D eigenvalue weighted by Crippen LogP contribution is 2.40. The Morgan fingerprint density at radius 3 is 2.59 bits per heavy atom. The van der Waals surface area contributed by atoms with Gasteiger partial charge in [0.25, 0.3) is 0 Å². The van der Waals surface area contributed by atoms with Crippen molar-refractivity contribution < 1.29 is 19.1 Å². The normalized spacial score (nSPS) is 17.9. The average Bonchev–Trinajstić information content (AvgIpc) is 2.79. The van der Waals surface area contributed by atoms with E-state index in [2.05, 4.69) is 16.7 Å². The summed E-state index contributed by atoms with van der Waals surface area (Å²) < 4.78 is 4.81. The molecule has 2 aromatic carbocycles. The van der Waals surface area contributed by atoms with Gasteiger partial charge in [0.2, 0.25) is 11.8 Å². The van der Waals surface area contributed by atoms with Crippen LogP contribution in [0.3, 0.4) is 0 Å². The molecule has 164 valence electrons. The van der Waals surface area contributed by atoms with Crippen LogP contribution < -0.4 is 10.6 Å². The molecule has 9 heteroatoms. The Kier molecular flexibility index (Phi) is 7.57. The fraction of sp³-hybridized carbons (Fsp3) is 0.217. The van der Waals surface area contributed by atoms with Gasteiger partial charge in [-0.2, -0.15) is 5.26 Å². The number of rotatable bonds is 6. The number of ether oxygens (including phenoxy) is 1. The number of carbonyl (C=O) groups is 3. The van der Waals surface area contributed by atoms with Crippen LogP contribution in [0.25, 0.3) is 0 Å². The minimum absolute atomic E-state index is 0.0588. The van der Waals surface area contributed by atoms with Crippen LogP contribution in [0.2, 0.25) is 5.02 Å². The number of hydrogen-bond donors (Lipinski definition) is 2. The van der Waals surface area contributed by atoms with Crippen LogP contribution in [-0.4, -0.2) is 30.6 Å². The summed E-state index contributed by atoms with van der Waals surface area (Å²) in [5.74, 6) is -3.73. The number of thioether (sulfide) groups is 1. The molecular formula is C23H20ClN3O4S. The fourth-order valence-corrected chi connectivity index (χ4v) is 4.37. The van der Waals surface area contributed by atoms with Crippen molar-refractivity contribution in [2.75, 3.05) is 18.2 Å². The molecule has 2 aromatic rings. The summed E-state index contributed by atoms with van der Waals surface area (Å²) in [6, 6.07) is 16.1. The number of nitrogens with zero attached hydrogens (tertiary/aromatic N) is 1. The van der Waals surface area contributed by atoms with Gasteiger partial charge in [0, 0.05) is 16.6 Å². The molecule has 0 saturated heterocycles. The number of methoxy groups -OCH3 is 1. The average molecular weight is 470 g/mol. The van der Waals surface area contributed by atoms with Crippen molar-refractivity contribution in [3.63, 3.8) is 0 Å². The van der Waals surface area contributed by atoms with Crippen LogP contribution in [0.4, 0.5) is 5.69 Å². The third-order valence-corrected chi connectivity index (χ3v) is 6.37. The zero-order valence-corrected chi connectivity index (χ0v) is 18.9. The third kappa shape index (κ3) is 5.13. The van der Waals surface area contributed by atoms with Crippen LogP contribution in [0.15, 0.2) is 59.1 Å². The monoisotopic (exact) mass is 469 g/mol. The number of amides is 2. The maximum absolute atomic E-state index is 12.8. The van der Waals surface area contributed by atoms with Gasteiger partial charge < -0.3 is 15.4 Å². The first-order chi connectivity index (χ1) is 15.3. The van der Waals surface area contributed by atoms with Crippen molar-refractivity contribution in [1.82, 2.24) is 5.32 Å². The van der Waals surface area contributed by atoms with Gasteiger partial charge >= 0.3 is 5.97 Å². The lowest BCUT2D eigenvalue weighted by Gasteiger charge is -2.30. The van der Waals surface area contributed by atoms with Gasteiger partial charge in [-0.05, 0) is 30.2 Å². The molecule has 0 aliphatic carbocycles. The second-order valence-electron chi connectivity index (χ2n) is 7.03. The Bertz CT molecular complexity index is 1130. The molecule has 0 radical (unpaired) electrons. The summed E-state index contributed by atoms with van der Waals surface area (Å²) in [5.41, 5.74) is 2.26. The Balaban J connectivity index is 1.85. The van der Waals surface area contributed by atoms with Gasteiger partial charge in [-0.25, -0.2) is 0 Å². The van der Waals surface area contributed by atoms with E-state index in [0.717, 1.165) is 17.3 Å². The molecule has 0 saturated carbocycles. The summed E-state index contributed by atoms with van der Waals surface area (Å²) >= 11 is 7.11. The number of carbonyl (C=O) groups excluding carboxylic acids is 3. The largest absolute Gasteiger partial charge is 0.468 e. The van der Waals surface area contributed by atoms with E-state index in [1.165, 1.54) is 7.11 Å². The summed E-state index contributed by atoms with van der Waals surface area (Å²) in [6.45, 7) is 1.86. The van der Waals surface area contributed by atoms with E-state index in [9.17, 15) is 19.6 Å². The number of anilines is 1. The molecule has 32 heavy (non-hydrogen) atoms. The molecule has 0 spiro atoms. The van der Waals surface area contributed by atoms with Gasteiger partial charge in [-0.1, -0.05) is 59.8 Å². The SMILES string of the molecule is COC(=O)[C@@H]1C(=O)NC(SCC(=O)Nc2ccc(C)c(Cl)c2)=C(C#N)[C@@H]1c1ccccc1. The molecule has 0 bridgehead atoms. The molecule has 0 unspecified atom stereocenters. The van der Waals surface area contributed by atoms with Crippen molar-refractivity contribution in [3.05, 3.63) is 75.3 Å². The number of halogens is 1. The minimum Gasteiger partial charge on any atom is -0.468 e. The van der Waals surface area contributed by atoms with Crippen molar-refractivity contribution >= 4 is 46.8 Å². The number of allylic oxidation sites excluding steroid dienone is 1. The summed E-state index contributed by atoms with van der Waals surface area (Å²) in [5, 5.41) is 16.0. The Morgan fingerprint density at radius 2 is 1.97 bits per heavy atom. The molecule has 1 aliphatic rings. The Hall–Kier alpha value is -3.28. The summed E-state index contributed by atoms with van der Waals surface area (Å²) in [4.78, 5) is 37.6. The molecule has 1 aliphatic heterocycles. The van der Waals surface area contributed by atoms with Crippen LogP contribution in [-0.2, 0) is 19.1 Å². The second kappa shape index (κ2) is 10.4. The Labute approximate surface area is 194 Å². The Morgan fingerprint density at radius 1 is 1.25 bits per heavy atom. The molecule has 3 rings (SSSR count). The quantitative estimate of drug-likeness (QED) is 0.492. The molecule has 2 amide bonds. The van der Waals surface area contributed by atoms with E-state index >= 15 is 0 Å². The lowest BCUT2D eigenvalue weighted by molar-refractivity contribution is -0.150. The topological polar surface area (TPSA) is 108 Å². The van der Waals surface area contributed by atoms with Gasteiger partial charge in [0.1, 0.15) is 5.92 Å². The zero-order valence-electron chi connectivity index (χ0n) is 17.3. The van der Waals surface area contributed by atoms with E-state index in [1.807, 2.05) is 6.92 Å². The van der Waals surface area contributed by atoms with Crippen LogP contribution in [0, 0.1) is 24.2 Å². The number of nitriles is 1. The van der Waals surface area contributed by atoms with Crippen LogP contribution in [0.5, 0.6) is 0 Å². The second-order valence-corrected chi connectivity index (χ2v) is 8.43. The smallest absolute Gasteiger partial charge is 0.319 e. The number of esters is 1. The number of hydrogen-bond acceptors (Lipinski definition) is 6. The maximum atomic E-state index is 12.8. The summed E-state index contributed by atoms with van der Waals surface area (Å²) in [6.07, 6.45) is 0. The predicted octanol–water partition coefficient (Wildman–Crippen LogP) is 3.76. The zero-order chi connectivity index (χ0) is 23.3. The molecule has 7 nitrogen and oxygen atoms in total. The highest BCUT2D eigenvalue weighted by molar-refractivity contribution is 8.03. The van der Waals surface area contributed by atoms with Crippen molar-refractivity contribution in [3.8, 4) is 6.07 Å². The molecule has 0 fully saturated rings. The predicted molar refractivity (Wildman–Crippen MR) is 123 cm³/mol. The maximum Gasteiger partial charge on any atom is 0.319 e. The summed E-state index contributed by atoms with van der Waals surface area (Å²) in [7, 11) is 1.19. The van der Waals surface area contributed by atoms with E-state index < -0.39 is 23.7 Å². The molecule has 2 N–H and O–H groups in total. The van der Waals surface area contributed by atoms with Gasteiger partial charge in [-0.3, -0.25) is 14.4 Å².